The first-order chi connectivity index (χ1) is 16.7. The van der Waals surface area contributed by atoms with Crippen molar-refractivity contribution >= 4 is 35.2 Å². The number of aliphatic hydroxyl groups excluding tert-OH is 1. The number of carbonyl (C=O) groups is 3. The van der Waals surface area contributed by atoms with Gasteiger partial charge in [0, 0.05) is 17.0 Å². The summed E-state index contributed by atoms with van der Waals surface area (Å²) in [5.41, 5.74) is 0.702. The van der Waals surface area contributed by atoms with E-state index in [0.717, 1.165) is 19.3 Å². The normalized spacial score (nSPS) is 33.1. The molecular formula is C27H39N3O4S. The minimum Gasteiger partial charge on any atom is -0.394 e. The zero-order chi connectivity index (χ0) is 25.5. The van der Waals surface area contributed by atoms with Crippen LogP contribution >= 0.6 is 11.8 Å². The molecule has 8 heteroatoms. The Bertz CT molecular complexity index is 957. The summed E-state index contributed by atoms with van der Waals surface area (Å²) in [5, 5.41) is 16.5. The molecule has 0 radical (unpaired) electrons. The maximum atomic E-state index is 14.2. The Morgan fingerprint density at radius 1 is 1.20 bits per heavy atom. The van der Waals surface area contributed by atoms with E-state index in [1.54, 1.807) is 16.7 Å². The summed E-state index contributed by atoms with van der Waals surface area (Å²) in [6.07, 6.45) is 2.58. The molecule has 3 heterocycles. The van der Waals surface area contributed by atoms with E-state index in [2.05, 4.69) is 24.5 Å². The topological polar surface area (TPSA) is 98.7 Å². The highest BCUT2D eigenvalue weighted by Crippen LogP contribution is 2.69. The lowest BCUT2D eigenvalue weighted by molar-refractivity contribution is -0.143. The number of para-hydroxylation sites is 1. The van der Waals surface area contributed by atoms with Crippen LogP contribution in [0.4, 0.5) is 5.69 Å². The number of hydrogen-bond donors (Lipinski definition) is 3. The smallest absolute Gasteiger partial charge is 0.244 e. The molecule has 3 saturated heterocycles. The van der Waals surface area contributed by atoms with E-state index in [0.29, 0.717) is 5.69 Å². The number of nitrogens with one attached hydrogen (secondary N) is 2. The predicted octanol–water partition coefficient (Wildman–Crippen LogP) is 3.28. The van der Waals surface area contributed by atoms with Crippen molar-refractivity contribution in [1.29, 1.82) is 0 Å². The molecule has 3 aliphatic rings. The molecule has 0 aliphatic carbocycles. The van der Waals surface area contributed by atoms with Gasteiger partial charge in [-0.25, -0.2) is 0 Å². The van der Waals surface area contributed by atoms with Gasteiger partial charge >= 0.3 is 0 Å². The zero-order valence-corrected chi connectivity index (χ0v) is 22.2. The lowest BCUT2D eigenvalue weighted by Crippen LogP contribution is -2.60. The van der Waals surface area contributed by atoms with Gasteiger partial charge in [-0.1, -0.05) is 52.3 Å². The first-order valence-electron chi connectivity index (χ1n) is 12.9. The molecule has 4 unspecified atom stereocenters. The van der Waals surface area contributed by atoms with Gasteiger partial charge in [0.2, 0.25) is 17.7 Å². The van der Waals surface area contributed by atoms with Gasteiger partial charge in [0.1, 0.15) is 6.04 Å². The van der Waals surface area contributed by atoms with Crippen LogP contribution < -0.4 is 10.6 Å². The van der Waals surface area contributed by atoms with Crippen LogP contribution in [0.15, 0.2) is 30.3 Å². The number of likely N-dealkylation sites (tertiary alicyclic amines) is 1. The third kappa shape index (κ3) is 4.26. The standard InChI is InChI=1S/C27H39N3O4S/c1-6-10-17(5)28-25(33)23-27-16(4)13-20(35-27)21(24(32)29-18-11-8-7-9-12-18)22(27)26(34)30(23)19(14-31)15(2)3/h7-9,11-12,15-17,19-23,31H,6,10,13-14H2,1-5H3,(H,28,33)(H,29,32)/t16?,17?,19-,20+,21-,22-,23?,27?/m0/s1. The van der Waals surface area contributed by atoms with E-state index in [1.807, 2.05) is 51.1 Å². The average Bonchev–Trinajstić information content (AvgIpc) is 3.39. The SMILES string of the molecule is CCCC(C)NC(=O)C1N([C@@H](CO)C(C)C)C(=O)[C@@H]2[C@@H](C(=O)Nc3ccccc3)[C@H]3CC(C)C12S3. The number of carbonyl (C=O) groups excluding carboxylic acids is 3. The van der Waals surface area contributed by atoms with Gasteiger partial charge in [0.15, 0.2) is 0 Å². The summed E-state index contributed by atoms with van der Waals surface area (Å²) in [5.74, 6) is -1.52. The number of aliphatic hydroxyl groups is 1. The molecule has 1 spiro atoms. The minimum absolute atomic E-state index is 0.0115. The second-order valence-electron chi connectivity index (χ2n) is 10.8. The Labute approximate surface area is 212 Å². The Morgan fingerprint density at radius 2 is 1.89 bits per heavy atom. The monoisotopic (exact) mass is 501 g/mol. The summed E-state index contributed by atoms with van der Waals surface area (Å²) in [6, 6.07) is 8.09. The fraction of sp³-hybridized carbons (Fsp3) is 0.667. The molecule has 3 fully saturated rings. The third-order valence-electron chi connectivity index (χ3n) is 8.20. The zero-order valence-electron chi connectivity index (χ0n) is 21.4. The van der Waals surface area contributed by atoms with Gasteiger partial charge in [0.25, 0.3) is 0 Å². The van der Waals surface area contributed by atoms with Crippen LogP contribution in [0, 0.1) is 23.7 Å². The van der Waals surface area contributed by atoms with E-state index in [1.165, 1.54) is 0 Å². The molecule has 7 nitrogen and oxygen atoms in total. The van der Waals surface area contributed by atoms with E-state index in [4.69, 9.17) is 0 Å². The summed E-state index contributed by atoms with van der Waals surface area (Å²) >= 11 is 1.66. The third-order valence-corrected chi connectivity index (χ3v) is 10.3. The van der Waals surface area contributed by atoms with Crippen molar-refractivity contribution < 1.29 is 19.5 Å². The molecule has 1 aromatic rings. The van der Waals surface area contributed by atoms with Crippen molar-refractivity contribution in [3.8, 4) is 0 Å². The van der Waals surface area contributed by atoms with Crippen molar-refractivity contribution in [1.82, 2.24) is 10.2 Å². The highest BCUT2D eigenvalue weighted by molar-refractivity contribution is 8.02. The molecule has 35 heavy (non-hydrogen) atoms. The van der Waals surface area contributed by atoms with E-state index in [9.17, 15) is 19.5 Å². The lowest BCUT2D eigenvalue weighted by atomic mass is 9.65. The number of hydrogen-bond acceptors (Lipinski definition) is 5. The van der Waals surface area contributed by atoms with E-state index < -0.39 is 28.7 Å². The van der Waals surface area contributed by atoms with Crippen molar-refractivity contribution in [2.24, 2.45) is 23.7 Å². The van der Waals surface area contributed by atoms with Crippen LogP contribution in [0.2, 0.25) is 0 Å². The van der Waals surface area contributed by atoms with Crippen LogP contribution in [-0.4, -0.2) is 62.5 Å². The Kier molecular flexibility index (Phi) is 7.53. The van der Waals surface area contributed by atoms with Crippen LogP contribution in [0.1, 0.15) is 53.9 Å². The van der Waals surface area contributed by atoms with Crippen molar-refractivity contribution in [3.05, 3.63) is 30.3 Å². The molecule has 3 N–H and O–H groups in total. The largest absolute Gasteiger partial charge is 0.394 e. The highest BCUT2D eigenvalue weighted by atomic mass is 32.2. The highest BCUT2D eigenvalue weighted by Gasteiger charge is 2.76. The van der Waals surface area contributed by atoms with Crippen molar-refractivity contribution in [3.63, 3.8) is 0 Å². The first kappa shape index (κ1) is 26.0. The van der Waals surface area contributed by atoms with Gasteiger partial charge in [-0.05, 0) is 43.7 Å². The molecule has 3 amide bonds. The van der Waals surface area contributed by atoms with Gasteiger partial charge in [0.05, 0.1) is 29.2 Å². The van der Waals surface area contributed by atoms with E-state index in [-0.39, 0.29) is 47.5 Å². The summed E-state index contributed by atoms with van der Waals surface area (Å²) in [4.78, 5) is 43.2. The van der Waals surface area contributed by atoms with Crippen LogP contribution in [0.3, 0.4) is 0 Å². The Morgan fingerprint density at radius 3 is 2.49 bits per heavy atom. The number of thioether (sulfide) groups is 1. The second kappa shape index (κ2) is 10.1. The van der Waals surface area contributed by atoms with Crippen molar-refractivity contribution in [2.45, 2.75) is 82.0 Å². The summed E-state index contributed by atoms with van der Waals surface area (Å²) in [7, 11) is 0. The maximum absolute atomic E-state index is 14.2. The van der Waals surface area contributed by atoms with Crippen molar-refractivity contribution in [2.75, 3.05) is 11.9 Å². The molecular weight excluding hydrogens is 462 g/mol. The quantitative estimate of drug-likeness (QED) is 0.482. The number of fused-ring (bicyclic) bond motifs is 1. The first-order valence-corrected chi connectivity index (χ1v) is 13.8. The number of benzene rings is 1. The molecule has 0 saturated carbocycles. The van der Waals surface area contributed by atoms with Gasteiger partial charge in [-0.2, -0.15) is 0 Å². The van der Waals surface area contributed by atoms with Crippen LogP contribution in [0.25, 0.3) is 0 Å². The predicted molar refractivity (Wildman–Crippen MR) is 139 cm³/mol. The summed E-state index contributed by atoms with van der Waals surface area (Å²) in [6.45, 7) is 9.88. The lowest BCUT2D eigenvalue weighted by Gasteiger charge is -2.41. The fourth-order valence-corrected chi connectivity index (χ4v) is 9.02. The molecule has 4 rings (SSSR count). The number of anilines is 1. The summed E-state index contributed by atoms with van der Waals surface area (Å²) < 4.78 is -0.682. The van der Waals surface area contributed by atoms with Crippen LogP contribution in [0.5, 0.6) is 0 Å². The van der Waals surface area contributed by atoms with Crippen LogP contribution in [-0.2, 0) is 14.4 Å². The van der Waals surface area contributed by atoms with Gasteiger partial charge < -0.3 is 20.6 Å². The molecule has 0 aromatic heterocycles. The number of amides is 3. The molecule has 1 aromatic carbocycles. The number of nitrogens with zero attached hydrogens (tertiary/aromatic N) is 1. The average molecular weight is 502 g/mol. The Balaban J connectivity index is 1.74. The molecule has 8 atom stereocenters. The molecule has 2 bridgehead atoms. The maximum Gasteiger partial charge on any atom is 0.244 e. The fourth-order valence-electron chi connectivity index (χ4n) is 6.61. The van der Waals surface area contributed by atoms with Gasteiger partial charge in [-0.15, -0.1) is 11.8 Å². The second-order valence-corrected chi connectivity index (χ2v) is 12.4. The minimum atomic E-state index is -0.710. The molecule has 3 aliphatic heterocycles. The number of rotatable bonds is 9. The molecule has 192 valence electrons. The van der Waals surface area contributed by atoms with Gasteiger partial charge in [-0.3, -0.25) is 14.4 Å². The Hall–Kier alpha value is -2.06. The van der Waals surface area contributed by atoms with E-state index >= 15 is 0 Å².